The Labute approximate surface area is 104 Å². The molecule has 0 fully saturated rings. The van der Waals surface area contributed by atoms with Crippen LogP contribution in [-0.2, 0) is 11.3 Å². The lowest BCUT2D eigenvalue weighted by atomic mass is 10.1. The second-order valence-corrected chi connectivity index (χ2v) is 3.98. The summed E-state index contributed by atoms with van der Waals surface area (Å²) in [5.41, 5.74) is 0.304. The molecule has 0 bridgehead atoms. The summed E-state index contributed by atoms with van der Waals surface area (Å²) in [5, 5.41) is 11.6. The van der Waals surface area contributed by atoms with Crippen LogP contribution in [0.5, 0.6) is 0 Å². The van der Waals surface area contributed by atoms with Gasteiger partial charge in [-0.25, -0.2) is 4.39 Å². The second kappa shape index (κ2) is 6.21. The van der Waals surface area contributed by atoms with Gasteiger partial charge in [0.15, 0.2) is 0 Å². The number of nitriles is 1. The molecule has 1 aromatic rings. The fraction of sp³-hybridized carbons (Fsp3) is 0.333. The fourth-order valence-corrected chi connectivity index (χ4v) is 1.51. The number of nitrogens with zero attached hydrogens (tertiary/aromatic N) is 1. The van der Waals surface area contributed by atoms with E-state index in [1.54, 1.807) is 6.92 Å². The summed E-state index contributed by atoms with van der Waals surface area (Å²) in [4.78, 5) is 11.5. The molecule has 1 amide bonds. The van der Waals surface area contributed by atoms with Crippen LogP contribution in [0.1, 0.15) is 18.9 Å². The summed E-state index contributed by atoms with van der Waals surface area (Å²) in [5.74, 6) is -1.52. The zero-order valence-electron chi connectivity index (χ0n) is 9.34. The number of halogens is 2. The Balaban J connectivity index is 2.65. The Morgan fingerprint density at radius 2 is 2.35 bits per heavy atom. The molecular formula is C12H12ClFN2O. The van der Waals surface area contributed by atoms with Crippen LogP contribution in [0.15, 0.2) is 18.2 Å². The number of hydrogen-bond donors (Lipinski definition) is 1. The van der Waals surface area contributed by atoms with Crippen LogP contribution in [0, 0.1) is 23.1 Å². The average Bonchev–Trinajstić information content (AvgIpc) is 2.32. The number of benzene rings is 1. The predicted molar refractivity (Wildman–Crippen MR) is 62.7 cm³/mol. The molecule has 0 heterocycles. The van der Waals surface area contributed by atoms with Gasteiger partial charge in [-0.05, 0) is 24.6 Å². The van der Waals surface area contributed by atoms with E-state index >= 15 is 0 Å². The summed E-state index contributed by atoms with van der Waals surface area (Å²) in [6.45, 7) is 1.77. The van der Waals surface area contributed by atoms with Crippen molar-refractivity contribution in [2.24, 2.45) is 5.92 Å². The molecule has 0 spiro atoms. The minimum absolute atomic E-state index is 0.0312. The van der Waals surface area contributed by atoms with Crippen molar-refractivity contribution in [3.63, 3.8) is 0 Å². The highest BCUT2D eigenvalue weighted by atomic mass is 35.5. The van der Waals surface area contributed by atoms with E-state index in [-0.39, 0.29) is 6.54 Å². The molecule has 5 heteroatoms. The maximum Gasteiger partial charge on any atom is 0.237 e. The lowest BCUT2D eigenvalue weighted by Gasteiger charge is -2.09. The van der Waals surface area contributed by atoms with Crippen LogP contribution in [0.25, 0.3) is 0 Å². The van der Waals surface area contributed by atoms with E-state index in [2.05, 4.69) is 5.32 Å². The van der Waals surface area contributed by atoms with Gasteiger partial charge in [0.05, 0.1) is 6.07 Å². The zero-order chi connectivity index (χ0) is 12.8. The van der Waals surface area contributed by atoms with Crippen molar-refractivity contribution < 1.29 is 9.18 Å². The van der Waals surface area contributed by atoms with Crippen molar-refractivity contribution in [2.45, 2.75) is 19.9 Å². The van der Waals surface area contributed by atoms with Gasteiger partial charge in [0, 0.05) is 17.1 Å². The summed E-state index contributed by atoms with van der Waals surface area (Å²) >= 11 is 5.72. The third kappa shape index (κ3) is 3.72. The van der Waals surface area contributed by atoms with Crippen LogP contribution < -0.4 is 5.32 Å². The number of carbonyl (C=O) groups excluding carboxylic acids is 1. The first-order valence-corrected chi connectivity index (χ1v) is 5.57. The fourth-order valence-electron chi connectivity index (χ4n) is 1.32. The Morgan fingerprint density at radius 1 is 1.65 bits per heavy atom. The first kappa shape index (κ1) is 13.5. The monoisotopic (exact) mass is 254 g/mol. The van der Waals surface area contributed by atoms with Crippen LogP contribution in [-0.4, -0.2) is 5.91 Å². The molecule has 1 atom stereocenters. The van der Waals surface area contributed by atoms with Crippen LogP contribution >= 0.6 is 11.6 Å². The molecule has 3 nitrogen and oxygen atoms in total. The van der Waals surface area contributed by atoms with E-state index in [0.717, 1.165) is 0 Å². The molecule has 0 radical (unpaired) electrons. The van der Waals surface area contributed by atoms with E-state index in [9.17, 15) is 9.18 Å². The summed E-state index contributed by atoms with van der Waals surface area (Å²) < 4.78 is 13.3. The molecule has 0 aromatic heterocycles. The molecule has 0 aliphatic rings. The number of nitrogens with one attached hydrogen (secondary N) is 1. The minimum Gasteiger partial charge on any atom is -0.351 e. The molecular weight excluding hydrogens is 243 g/mol. The van der Waals surface area contributed by atoms with Crippen LogP contribution in [0.4, 0.5) is 4.39 Å². The van der Waals surface area contributed by atoms with E-state index in [1.807, 2.05) is 6.07 Å². The highest BCUT2D eigenvalue weighted by Gasteiger charge is 2.15. The molecule has 0 saturated heterocycles. The van der Waals surface area contributed by atoms with Crippen LogP contribution in [0.2, 0.25) is 5.02 Å². The topological polar surface area (TPSA) is 52.9 Å². The normalized spacial score (nSPS) is 11.6. The summed E-state index contributed by atoms with van der Waals surface area (Å²) in [7, 11) is 0. The third-order valence-corrected chi connectivity index (χ3v) is 2.58. The molecule has 1 unspecified atom stereocenters. The van der Waals surface area contributed by atoms with Crippen molar-refractivity contribution in [3.05, 3.63) is 34.6 Å². The van der Waals surface area contributed by atoms with Gasteiger partial charge < -0.3 is 5.32 Å². The van der Waals surface area contributed by atoms with E-state index < -0.39 is 17.6 Å². The first-order valence-electron chi connectivity index (χ1n) is 5.19. The molecule has 1 aromatic carbocycles. The van der Waals surface area contributed by atoms with Gasteiger partial charge in [0.2, 0.25) is 5.91 Å². The summed E-state index contributed by atoms with van der Waals surface area (Å²) in [6, 6.07) is 6.01. The average molecular weight is 255 g/mol. The predicted octanol–water partition coefficient (Wildman–Crippen LogP) is 2.65. The lowest BCUT2D eigenvalue weighted by molar-refractivity contribution is -0.123. The molecule has 0 aliphatic carbocycles. The first-order chi connectivity index (χ1) is 8.08. The highest BCUT2D eigenvalue weighted by Crippen LogP contribution is 2.14. The Bertz CT molecular complexity index is 456. The summed E-state index contributed by atoms with van der Waals surface area (Å²) in [6.07, 6.45) is 0.431. The second-order valence-electron chi connectivity index (χ2n) is 3.54. The molecule has 1 rings (SSSR count). The maximum absolute atomic E-state index is 13.3. The van der Waals surface area contributed by atoms with Gasteiger partial charge in [-0.2, -0.15) is 5.26 Å². The standard InChI is InChI=1S/C12H12ClFN2O/c1-2-8(6-15)12(17)16-7-9-5-10(13)3-4-11(9)14/h3-5,8H,2,7H2,1H3,(H,16,17). The SMILES string of the molecule is CCC(C#N)C(=O)NCc1cc(Cl)ccc1F. The minimum atomic E-state index is -0.697. The third-order valence-electron chi connectivity index (χ3n) is 2.34. The molecule has 1 N–H and O–H groups in total. The van der Waals surface area contributed by atoms with Gasteiger partial charge in [0.1, 0.15) is 11.7 Å². The van der Waals surface area contributed by atoms with Crippen molar-refractivity contribution in [1.82, 2.24) is 5.32 Å². The van der Waals surface area contributed by atoms with Gasteiger partial charge in [-0.3, -0.25) is 4.79 Å². The number of hydrogen-bond acceptors (Lipinski definition) is 2. The molecule has 90 valence electrons. The van der Waals surface area contributed by atoms with E-state index in [1.165, 1.54) is 18.2 Å². The van der Waals surface area contributed by atoms with Gasteiger partial charge in [-0.15, -0.1) is 0 Å². The van der Waals surface area contributed by atoms with Crippen molar-refractivity contribution >= 4 is 17.5 Å². The number of rotatable bonds is 4. The van der Waals surface area contributed by atoms with E-state index in [4.69, 9.17) is 16.9 Å². The van der Waals surface area contributed by atoms with Crippen LogP contribution in [0.3, 0.4) is 0 Å². The van der Waals surface area contributed by atoms with Crippen molar-refractivity contribution in [3.8, 4) is 6.07 Å². The van der Waals surface area contributed by atoms with Gasteiger partial charge >= 0.3 is 0 Å². The van der Waals surface area contributed by atoms with Gasteiger partial charge in [0.25, 0.3) is 0 Å². The molecule has 17 heavy (non-hydrogen) atoms. The zero-order valence-corrected chi connectivity index (χ0v) is 10.1. The maximum atomic E-state index is 13.3. The Hall–Kier alpha value is -1.60. The Morgan fingerprint density at radius 3 is 2.94 bits per heavy atom. The van der Waals surface area contributed by atoms with E-state index in [0.29, 0.717) is 17.0 Å². The quantitative estimate of drug-likeness (QED) is 0.898. The van der Waals surface area contributed by atoms with Crippen molar-refractivity contribution in [1.29, 1.82) is 5.26 Å². The lowest BCUT2D eigenvalue weighted by Crippen LogP contribution is -2.29. The number of carbonyl (C=O) groups is 1. The molecule has 0 saturated carbocycles. The smallest absolute Gasteiger partial charge is 0.237 e. The number of amides is 1. The van der Waals surface area contributed by atoms with Gasteiger partial charge in [-0.1, -0.05) is 18.5 Å². The van der Waals surface area contributed by atoms with Crippen molar-refractivity contribution in [2.75, 3.05) is 0 Å². The molecule has 0 aliphatic heterocycles. The largest absolute Gasteiger partial charge is 0.351 e. The highest BCUT2D eigenvalue weighted by molar-refractivity contribution is 6.30. The Kier molecular flexibility index (Phi) is 4.92.